The number of nitrogens with one attached hydrogen (secondary N) is 1. The molecule has 1 saturated heterocycles. The number of benzene rings is 2. The number of fused-ring (bicyclic) bond motifs is 1. The maximum Gasteiger partial charge on any atom is 0.321 e. The summed E-state index contributed by atoms with van der Waals surface area (Å²) >= 11 is 0. The number of morpholine rings is 1. The molecule has 3 amide bonds. The van der Waals surface area contributed by atoms with Crippen LogP contribution in [0.15, 0.2) is 48.5 Å². The quantitative estimate of drug-likeness (QED) is 0.586. The molecule has 2 aromatic rings. The Bertz CT molecular complexity index is 914. The van der Waals surface area contributed by atoms with Crippen molar-refractivity contribution in [2.24, 2.45) is 0 Å². The summed E-state index contributed by atoms with van der Waals surface area (Å²) in [5, 5.41) is 8.94. The summed E-state index contributed by atoms with van der Waals surface area (Å²) in [6.45, 7) is 4.36. The lowest BCUT2D eigenvalue weighted by atomic mass is 10.0. The van der Waals surface area contributed by atoms with Crippen molar-refractivity contribution in [2.45, 2.75) is 19.0 Å². The molecular weight excluding hydrogens is 386 g/mol. The molecule has 30 heavy (non-hydrogen) atoms. The Morgan fingerprint density at radius 3 is 2.53 bits per heavy atom. The molecule has 2 N–H and O–H groups in total. The van der Waals surface area contributed by atoms with E-state index in [4.69, 9.17) is 14.7 Å². The van der Waals surface area contributed by atoms with Crippen molar-refractivity contribution in [3.05, 3.63) is 65.2 Å². The topological polar surface area (TPSA) is 91.3 Å². The van der Waals surface area contributed by atoms with Crippen LogP contribution in [0, 0.1) is 0 Å². The highest BCUT2D eigenvalue weighted by Crippen LogP contribution is 2.40. The number of hydrogen-bond donors (Lipinski definition) is 2. The van der Waals surface area contributed by atoms with Gasteiger partial charge in [-0.25, -0.2) is 10.3 Å². The van der Waals surface area contributed by atoms with Crippen molar-refractivity contribution in [1.29, 1.82) is 0 Å². The standard InChI is InChI=1S/C22H25N3O5/c1-15-18-8-7-17(21(26)23-28)13-20(18)30-14-19(16-5-3-2-4-6-16)25(15)22(27)24-9-11-29-12-10-24/h2-8,13,15,19,28H,9-12,14H2,1H3,(H,23,26)/t15?,19-/m1/s1. The molecule has 2 atom stereocenters. The number of hydrogen-bond acceptors (Lipinski definition) is 5. The van der Waals surface area contributed by atoms with E-state index in [2.05, 4.69) is 0 Å². The van der Waals surface area contributed by atoms with E-state index in [1.54, 1.807) is 23.7 Å². The number of carbonyl (C=O) groups is 2. The van der Waals surface area contributed by atoms with Gasteiger partial charge in [-0.3, -0.25) is 10.0 Å². The van der Waals surface area contributed by atoms with Gasteiger partial charge >= 0.3 is 6.03 Å². The lowest BCUT2D eigenvalue weighted by Gasteiger charge is -2.39. The van der Waals surface area contributed by atoms with Gasteiger partial charge in [0.15, 0.2) is 0 Å². The molecule has 0 saturated carbocycles. The molecule has 8 nitrogen and oxygen atoms in total. The normalized spacial score (nSPS) is 21.3. The van der Waals surface area contributed by atoms with E-state index in [1.807, 2.05) is 47.1 Å². The van der Waals surface area contributed by atoms with E-state index >= 15 is 0 Å². The lowest BCUT2D eigenvalue weighted by molar-refractivity contribution is 0.0317. The molecule has 2 heterocycles. The van der Waals surface area contributed by atoms with Gasteiger partial charge in [-0.1, -0.05) is 36.4 Å². The smallest absolute Gasteiger partial charge is 0.321 e. The van der Waals surface area contributed by atoms with Crippen LogP contribution in [0.5, 0.6) is 5.75 Å². The van der Waals surface area contributed by atoms with Crippen LogP contribution in [-0.4, -0.2) is 59.9 Å². The van der Waals surface area contributed by atoms with Gasteiger partial charge in [0.05, 0.1) is 25.3 Å². The molecule has 2 aliphatic heterocycles. The van der Waals surface area contributed by atoms with Gasteiger partial charge in [-0.05, 0) is 24.6 Å². The van der Waals surface area contributed by atoms with Gasteiger partial charge in [-0.2, -0.15) is 0 Å². The molecule has 158 valence electrons. The van der Waals surface area contributed by atoms with Crippen LogP contribution in [0.3, 0.4) is 0 Å². The summed E-state index contributed by atoms with van der Waals surface area (Å²) in [5.41, 5.74) is 3.72. The maximum absolute atomic E-state index is 13.6. The number of rotatable bonds is 2. The highest BCUT2D eigenvalue weighted by molar-refractivity contribution is 5.94. The summed E-state index contributed by atoms with van der Waals surface area (Å²) in [6, 6.07) is 14.2. The molecule has 1 unspecified atom stereocenters. The first kappa shape index (κ1) is 20.2. The zero-order valence-corrected chi connectivity index (χ0v) is 16.8. The maximum atomic E-state index is 13.6. The molecule has 2 aromatic carbocycles. The number of carbonyl (C=O) groups excluding carboxylic acids is 2. The zero-order chi connectivity index (χ0) is 21.1. The third-order valence-corrected chi connectivity index (χ3v) is 5.66. The minimum absolute atomic E-state index is 0.0618. The molecule has 0 spiro atoms. The summed E-state index contributed by atoms with van der Waals surface area (Å²) in [7, 11) is 0. The highest BCUT2D eigenvalue weighted by atomic mass is 16.5. The van der Waals surface area contributed by atoms with E-state index in [0.29, 0.717) is 32.1 Å². The van der Waals surface area contributed by atoms with E-state index in [9.17, 15) is 9.59 Å². The molecule has 0 aliphatic carbocycles. The summed E-state index contributed by atoms with van der Waals surface area (Å²) in [4.78, 5) is 29.1. The Morgan fingerprint density at radius 2 is 1.83 bits per heavy atom. The first-order valence-corrected chi connectivity index (χ1v) is 10.0. The lowest BCUT2D eigenvalue weighted by Crippen LogP contribution is -2.50. The number of urea groups is 1. The van der Waals surface area contributed by atoms with E-state index in [1.165, 1.54) is 0 Å². The van der Waals surface area contributed by atoms with Crippen molar-refractivity contribution in [3.8, 4) is 5.75 Å². The number of ether oxygens (including phenoxy) is 2. The third-order valence-electron chi connectivity index (χ3n) is 5.66. The molecule has 0 bridgehead atoms. The Morgan fingerprint density at radius 1 is 1.10 bits per heavy atom. The molecule has 4 rings (SSSR count). The van der Waals surface area contributed by atoms with Crippen molar-refractivity contribution < 1.29 is 24.3 Å². The van der Waals surface area contributed by atoms with Crippen molar-refractivity contribution in [2.75, 3.05) is 32.9 Å². The fourth-order valence-electron chi connectivity index (χ4n) is 4.03. The summed E-state index contributed by atoms with van der Waals surface area (Å²) in [6.07, 6.45) is 0. The second-order valence-corrected chi connectivity index (χ2v) is 7.40. The minimum atomic E-state index is -0.612. The second kappa shape index (κ2) is 8.73. The average Bonchev–Trinajstić information content (AvgIpc) is 2.95. The summed E-state index contributed by atoms with van der Waals surface area (Å²) in [5.74, 6) is -0.0824. The fourth-order valence-corrected chi connectivity index (χ4v) is 4.03. The van der Waals surface area contributed by atoms with E-state index in [-0.39, 0.29) is 30.3 Å². The Kier molecular flexibility index (Phi) is 5.87. The highest BCUT2D eigenvalue weighted by Gasteiger charge is 2.37. The van der Waals surface area contributed by atoms with Crippen LogP contribution in [0.1, 0.15) is 40.5 Å². The molecule has 0 aromatic heterocycles. The monoisotopic (exact) mass is 411 g/mol. The van der Waals surface area contributed by atoms with Crippen LogP contribution in [-0.2, 0) is 4.74 Å². The van der Waals surface area contributed by atoms with Crippen LogP contribution in [0.2, 0.25) is 0 Å². The number of hydroxylamine groups is 1. The van der Waals surface area contributed by atoms with Gasteiger partial charge in [-0.15, -0.1) is 0 Å². The second-order valence-electron chi connectivity index (χ2n) is 7.40. The summed E-state index contributed by atoms with van der Waals surface area (Å²) < 4.78 is 11.5. The minimum Gasteiger partial charge on any atom is -0.491 e. The molecule has 8 heteroatoms. The number of amides is 3. The van der Waals surface area contributed by atoms with Gasteiger partial charge in [0.25, 0.3) is 5.91 Å². The molecule has 1 fully saturated rings. The largest absolute Gasteiger partial charge is 0.491 e. The molecule has 2 aliphatic rings. The van der Waals surface area contributed by atoms with Crippen LogP contribution < -0.4 is 10.2 Å². The predicted molar refractivity (Wildman–Crippen MR) is 108 cm³/mol. The Balaban J connectivity index is 1.74. The first-order valence-electron chi connectivity index (χ1n) is 10.0. The number of nitrogens with zero attached hydrogens (tertiary/aromatic N) is 2. The van der Waals surface area contributed by atoms with Crippen LogP contribution in [0.25, 0.3) is 0 Å². The van der Waals surface area contributed by atoms with Crippen LogP contribution in [0.4, 0.5) is 4.79 Å². The first-order chi connectivity index (χ1) is 14.6. The SMILES string of the molecule is CC1c2ccc(C(=O)NO)cc2OC[C@H](c2ccccc2)N1C(=O)N1CCOCC1. The average molecular weight is 411 g/mol. The van der Waals surface area contributed by atoms with Crippen molar-refractivity contribution in [1.82, 2.24) is 15.3 Å². The molecular formula is C22H25N3O5. The van der Waals surface area contributed by atoms with Gasteiger partial charge in [0.1, 0.15) is 12.4 Å². The van der Waals surface area contributed by atoms with Gasteiger partial charge < -0.3 is 19.3 Å². The zero-order valence-electron chi connectivity index (χ0n) is 16.8. The fraction of sp³-hybridized carbons (Fsp3) is 0.364. The Labute approximate surface area is 174 Å². The van der Waals surface area contributed by atoms with Gasteiger partial charge in [0.2, 0.25) is 0 Å². The third kappa shape index (κ3) is 3.83. The van der Waals surface area contributed by atoms with Crippen molar-refractivity contribution in [3.63, 3.8) is 0 Å². The molecule has 0 radical (unpaired) electrons. The van der Waals surface area contributed by atoms with Crippen molar-refractivity contribution >= 4 is 11.9 Å². The predicted octanol–water partition coefficient (Wildman–Crippen LogP) is 2.75. The Hall–Kier alpha value is -3.10. The van der Waals surface area contributed by atoms with E-state index in [0.717, 1.165) is 11.1 Å². The van der Waals surface area contributed by atoms with E-state index < -0.39 is 5.91 Å². The van der Waals surface area contributed by atoms with Crippen LogP contribution >= 0.6 is 0 Å². The van der Waals surface area contributed by atoms with Gasteiger partial charge in [0, 0.05) is 24.2 Å².